The maximum absolute atomic E-state index is 13.8. The van der Waals surface area contributed by atoms with Crippen molar-refractivity contribution in [2.24, 2.45) is 0 Å². The van der Waals surface area contributed by atoms with Crippen molar-refractivity contribution in [3.05, 3.63) is 21.4 Å². The summed E-state index contributed by atoms with van der Waals surface area (Å²) in [4.78, 5) is 37.9. The number of aliphatic hydroxyl groups excluding tert-OH is 1. The van der Waals surface area contributed by atoms with Gasteiger partial charge in [0.15, 0.2) is 16.8 Å². The molecule has 1 fully saturated rings. The molecule has 1 aromatic heterocycles. The Hall–Kier alpha value is -0.260. The monoisotopic (exact) mass is 548 g/mol. The van der Waals surface area contributed by atoms with Crippen LogP contribution in [0.15, 0.2) is 6.20 Å². The number of ether oxygens (including phenoxy) is 1. The second-order valence-corrected chi connectivity index (χ2v) is 11.4. The van der Waals surface area contributed by atoms with E-state index in [1.54, 1.807) is 0 Å². The second kappa shape index (κ2) is 9.18. The van der Waals surface area contributed by atoms with Gasteiger partial charge in [0.25, 0.3) is 0 Å². The third-order valence-electron chi connectivity index (χ3n) is 3.75. The van der Waals surface area contributed by atoms with Crippen LogP contribution in [0.2, 0.25) is 0 Å². The van der Waals surface area contributed by atoms with Gasteiger partial charge in [0.05, 0.1) is 6.61 Å². The van der Waals surface area contributed by atoms with Crippen LogP contribution in [-0.4, -0.2) is 63.8 Å². The molecule has 2 rings (SSSR count). The molecule has 15 nitrogen and oxygen atoms in total. The van der Waals surface area contributed by atoms with E-state index >= 15 is 0 Å². The van der Waals surface area contributed by atoms with Gasteiger partial charge in [-0.25, -0.2) is 18.1 Å². The summed E-state index contributed by atoms with van der Waals surface area (Å²) in [5, 5.41) is 20.8. The molecule has 3 unspecified atom stereocenters. The number of rotatable bonds is 8. The lowest BCUT2D eigenvalue weighted by atomic mass is 9.96. The predicted molar refractivity (Wildman–Crippen MR) is 101 cm³/mol. The summed E-state index contributed by atoms with van der Waals surface area (Å²) in [6.07, 6.45) is -4.15. The molecular formula is C10H16FN2O13P3S2. The van der Waals surface area contributed by atoms with Crippen molar-refractivity contribution < 1.29 is 65.8 Å². The maximum atomic E-state index is 13.8. The zero-order chi connectivity index (χ0) is 24.0. The Morgan fingerprint density at radius 2 is 1.81 bits per heavy atom. The van der Waals surface area contributed by atoms with Crippen LogP contribution in [0.4, 0.5) is 4.39 Å². The van der Waals surface area contributed by atoms with Crippen molar-refractivity contribution in [1.82, 2.24) is 9.55 Å². The fourth-order valence-electron chi connectivity index (χ4n) is 2.48. The normalized spacial score (nSPS) is 30.6. The van der Waals surface area contributed by atoms with Gasteiger partial charge < -0.3 is 39.5 Å². The lowest BCUT2D eigenvalue weighted by Crippen LogP contribution is -2.44. The highest BCUT2D eigenvalue weighted by molar-refractivity contribution is 7.72. The molecule has 0 aromatic carbocycles. The topological polar surface area (TPSA) is 230 Å². The Kier molecular flexibility index (Phi) is 7.99. The van der Waals surface area contributed by atoms with Crippen LogP contribution in [-0.2, 0) is 31.6 Å². The van der Waals surface area contributed by atoms with Crippen molar-refractivity contribution in [2.45, 2.75) is 31.0 Å². The van der Waals surface area contributed by atoms with Gasteiger partial charge in [0, 0.05) is 6.20 Å². The first kappa shape index (κ1) is 27.0. The van der Waals surface area contributed by atoms with Gasteiger partial charge in [-0.15, -0.1) is 0 Å². The van der Waals surface area contributed by atoms with Crippen LogP contribution in [0.25, 0.3) is 0 Å². The van der Waals surface area contributed by atoms with Crippen molar-refractivity contribution in [2.75, 3.05) is 6.61 Å². The van der Waals surface area contributed by atoms with Crippen LogP contribution in [0, 0.1) is 15.2 Å². The lowest BCUT2D eigenvalue weighted by Gasteiger charge is -2.28. The molecule has 0 radical (unpaired) electrons. The molecule has 178 valence electrons. The molecule has 0 spiro atoms. The summed E-state index contributed by atoms with van der Waals surface area (Å²) in [5.41, 5.74) is -2.15. The number of phosphoric acid groups is 3. The number of phosphoric ester groups is 1. The third-order valence-corrected chi connectivity index (χ3v) is 8.16. The van der Waals surface area contributed by atoms with E-state index in [0.717, 1.165) is 17.7 Å². The largest absolute Gasteiger partial charge is 0.490 e. The van der Waals surface area contributed by atoms with E-state index in [9.17, 15) is 33.2 Å². The van der Waals surface area contributed by atoms with Gasteiger partial charge in [0.2, 0.25) is 0 Å². The second-order valence-electron chi connectivity index (χ2n) is 6.23. The smallest absolute Gasteiger partial charge is 0.387 e. The fourth-order valence-corrected chi connectivity index (χ4v) is 5.98. The Labute approximate surface area is 182 Å². The highest BCUT2D eigenvalue weighted by Gasteiger charge is 2.54. The fraction of sp³-hybridized carbons (Fsp3) is 0.600. The van der Waals surface area contributed by atoms with Crippen LogP contribution >= 0.6 is 47.9 Å². The molecule has 1 saturated heterocycles. The van der Waals surface area contributed by atoms with Gasteiger partial charge in [-0.05, 0) is 19.1 Å². The van der Waals surface area contributed by atoms with Gasteiger partial charge in [-0.3, -0.25) is 9.09 Å². The molecule has 2 heterocycles. The molecule has 0 saturated carbocycles. The van der Waals surface area contributed by atoms with E-state index in [1.807, 2.05) is 0 Å². The van der Waals surface area contributed by atoms with E-state index in [-0.39, 0.29) is 9.41 Å². The molecule has 0 bridgehead atoms. The average Bonchev–Trinajstić information content (AvgIpc) is 2.76. The van der Waals surface area contributed by atoms with Crippen LogP contribution in [0.3, 0.4) is 0 Å². The van der Waals surface area contributed by atoms with E-state index < -0.39 is 59.9 Å². The first-order valence-corrected chi connectivity index (χ1v) is 13.0. The van der Waals surface area contributed by atoms with Crippen molar-refractivity contribution in [3.63, 3.8) is 0 Å². The van der Waals surface area contributed by atoms with Crippen molar-refractivity contribution >= 4 is 47.9 Å². The Balaban J connectivity index is 2.17. The van der Waals surface area contributed by atoms with Crippen molar-refractivity contribution in [3.8, 4) is 0 Å². The number of aliphatic hydroxyl groups is 2. The molecule has 0 amide bonds. The zero-order valence-corrected chi connectivity index (χ0v) is 19.4. The van der Waals surface area contributed by atoms with Gasteiger partial charge in [-0.2, -0.15) is 8.62 Å². The van der Waals surface area contributed by atoms with Crippen LogP contribution in [0.5, 0.6) is 0 Å². The number of aromatic amines is 1. The van der Waals surface area contributed by atoms with Gasteiger partial charge in [-0.1, -0.05) is 12.2 Å². The molecule has 0 aliphatic carbocycles. The standard InChI is InChI=1S/C10H16FN2O13P3S2/c1-10(15)6(14)5(24-8(10)13-2-4(11)7(30)12-9(13)31)3-23-28(19,20)26-29(21,22)25-27(16,17)18/h2,5-6,8,14-15H,3H2,1H3,(H,19,20)(H,21,22)(H,12,30,31)(H2,16,17,18)/t5-,6+,8-,10?/m1/s1. The number of H-pyrrole nitrogens is 1. The average molecular weight is 548 g/mol. The number of hydrogen-bond acceptors (Lipinski definition) is 11. The Bertz CT molecular complexity index is 1100. The zero-order valence-electron chi connectivity index (χ0n) is 15.0. The minimum atomic E-state index is -5.74. The Morgan fingerprint density at radius 3 is 2.35 bits per heavy atom. The minimum absolute atomic E-state index is 0.197. The summed E-state index contributed by atoms with van der Waals surface area (Å²) in [6.45, 7) is 0.0323. The molecule has 1 aliphatic rings. The number of halogens is 1. The van der Waals surface area contributed by atoms with E-state index in [1.165, 1.54) is 0 Å². The summed E-state index contributed by atoms with van der Waals surface area (Å²) < 4.78 is 64.7. The maximum Gasteiger partial charge on any atom is 0.490 e. The van der Waals surface area contributed by atoms with Gasteiger partial charge >= 0.3 is 23.5 Å². The van der Waals surface area contributed by atoms with E-state index in [0.29, 0.717) is 0 Å². The van der Waals surface area contributed by atoms with Crippen molar-refractivity contribution in [1.29, 1.82) is 0 Å². The highest BCUT2D eigenvalue weighted by atomic mass is 32.1. The molecular weight excluding hydrogens is 532 g/mol. The molecule has 21 heteroatoms. The molecule has 1 aliphatic heterocycles. The minimum Gasteiger partial charge on any atom is -0.387 e. The third kappa shape index (κ3) is 6.86. The number of nitrogens with one attached hydrogen (secondary N) is 1. The highest BCUT2D eigenvalue weighted by Crippen LogP contribution is 2.66. The summed E-state index contributed by atoms with van der Waals surface area (Å²) in [6, 6.07) is 0. The van der Waals surface area contributed by atoms with Crippen LogP contribution in [0.1, 0.15) is 13.2 Å². The summed E-state index contributed by atoms with van der Waals surface area (Å²) >= 11 is 9.65. The molecule has 31 heavy (non-hydrogen) atoms. The number of nitrogens with zero attached hydrogens (tertiary/aromatic N) is 1. The lowest BCUT2D eigenvalue weighted by molar-refractivity contribution is -0.0981. The Morgan fingerprint density at radius 1 is 1.23 bits per heavy atom. The quantitative estimate of drug-likeness (QED) is 0.176. The predicted octanol–water partition coefficient (Wildman–Crippen LogP) is 0.767. The molecule has 1 aromatic rings. The van der Waals surface area contributed by atoms with E-state index in [4.69, 9.17) is 31.6 Å². The summed E-state index contributed by atoms with van der Waals surface area (Å²) in [5.74, 6) is -0.936. The molecule has 7 N–H and O–H groups in total. The van der Waals surface area contributed by atoms with E-state index in [2.05, 4.69) is 30.3 Å². The molecule has 6 atom stereocenters. The SMILES string of the molecule is CC1(O)[C@@H](O)[C@@H](COP(=O)(O)OP(=O)(O)OP(=O)(O)O)O[C@H]1n1cc(F)c(=S)[nH]c1=S. The van der Waals surface area contributed by atoms with Crippen LogP contribution < -0.4 is 0 Å². The first-order valence-electron chi connectivity index (χ1n) is 7.70. The number of hydrogen-bond donors (Lipinski definition) is 7. The first-order chi connectivity index (χ1) is 13.8. The summed E-state index contributed by atoms with van der Waals surface area (Å²) in [7, 11) is -16.8. The van der Waals surface area contributed by atoms with Gasteiger partial charge in [0.1, 0.15) is 22.4 Å². The number of aromatic nitrogens is 2.